The van der Waals surface area contributed by atoms with Crippen LogP contribution in [0.1, 0.15) is 24.0 Å². The lowest BCUT2D eigenvalue weighted by Gasteiger charge is -2.22. The van der Waals surface area contributed by atoms with Crippen molar-refractivity contribution >= 4 is 5.91 Å². The van der Waals surface area contributed by atoms with E-state index in [2.05, 4.69) is 4.90 Å². The summed E-state index contributed by atoms with van der Waals surface area (Å²) in [5, 5.41) is 0. The van der Waals surface area contributed by atoms with Gasteiger partial charge in [-0.25, -0.2) is 4.39 Å². The highest BCUT2D eigenvalue weighted by molar-refractivity contribution is 5.80. The molecule has 2 aromatic carbocycles. The molecule has 4 nitrogen and oxygen atoms in total. The van der Waals surface area contributed by atoms with Crippen LogP contribution < -0.4 is 10.5 Å². The first-order valence-corrected chi connectivity index (χ1v) is 8.11. The van der Waals surface area contributed by atoms with Crippen molar-refractivity contribution in [2.24, 2.45) is 5.73 Å². The lowest BCUT2D eigenvalue weighted by molar-refractivity contribution is -0.122. The SMILES string of the molecule is NC(=O)C1CCCN1Cc1cccc(OCc2cccc(F)c2)c1. The maximum Gasteiger partial charge on any atom is 0.234 e. The lowest BCUT2D eigenvalue weighted by atomic mass is 10.1. The molecule has 1 fully saturated rings. The van der Waals surface area contributed by atoms with E-state index in [0.717, 1.165) is 36.3 Å². The minimum Gasteiger partial charge on any atom is -0.489 e. The fourth-order valence-corrected chi connectivity index (χ4v) is 3.10. The molecule has 0 aromatic heterocycles. The maximum absolute atomic E-state index is 13.2. The average molecular weight is 328 g/mol. The van der Waals surface area contributed by atoms with Crippen molar-refractivity contribution in [3.05, 3.63) is 65.5 Å². The Hall–Kier alpha value is -2.40. The van der Waals surface area contributed by atoms with E-state index in [0.29, 0.717) is 13.2 Å². The first kappa shape index (κ1) is 16.5. The number of hydrogen-bond acceptors (Lipinski definition) is 3. The molecule has 0 spiro atoms. The molecular weight excluding hydrogens is 307 g/mol. The molecular formula is C19H21FN2O2. The Balaban J connectivity index is 1.62. The van der Waals surface area contributed by atoms with Gasteiger partial charge in [0.05, 0.1) is 6.04 Å². The molecule has 0 radical (unpaired) electrons. The molecule has 0 saturated carbocycles. The normalized spacial score (nSPS) is 17.8. The van der Waals surface area contributed by atoms with E-state index in [9.17, 15) is 9.18 Å². The second-order valence-corrected chi connectivity index (χ2v) is 6.10. The third kappa shape index (κ3) is 4.11. The van der Waals surface area contributed by atoms with Gasteiger partial charge in [0.1, 0.15) is 18.2 Å². The van der Waals surface area contributed by atoms with E-state index in [1.165, 1.54) is 12.1 Å². The summed E-state index contributed by atoms with van der Waals surface area (Å²) in [4.78, 5) is 13.6. The molecule has 24 heavy (non-hydrogen) atoms. The zero-order chi connectivity index (χ0) is 16.9. The summed E-state index contributed by atoms with van der Waals surface area (Å²) >= 11 is 0. The summed E-state index contributed by atoms with van der Waals surface area (Å²) in [7, 11) is 0. The topological polar surface area (TPSA) is 55.6 Å². The summed E-state index contributed by atoms with van der Waals surface area (Å²) < 4.78 is 18.9. The van der Waals surface area contributed by atoms with Crippen molar-refractivity contribution in [3.63, 3.8) is 0 Å². The molecule has 0 aliphatic carbocycles. The van der Waals surface area contributed by atoms with E-state index in [1.807, 2.05) is 30.3 Å². The van der Waals surface area contributed by atoms with Gasteiger partial charge in [0, 0.05) is 6.54 Å². The number of primary amides is 1. The third-order valence-electron chi connectivity index (χ3n) is 4.27. The molecule has 1 saturated heterocycles. The maximum atomic E-state index is 13.2. The number of carbonyl (C=O) groups is 1. The van der Waals surface area contributed by atoms with E-state index < -0.39 is 0 Å². The van der Waals surface area contributed by atoms with Crippen LogP contribution in [0.2, 0.25) is 0 Å². The number of benzene rings is 2. The van der Waals surface area contributed by atoms with Gasteiger partial charge in [-0.2, -0.15) is 0 Å². The van der Waals surface area contributed by atoms with Crippen LogP contribution in [-0.2, 0) is 17.9 Å². The Morgan fingerprint density at radius 1 is 1.21 bits per heavy atom. The molecule has 3 rings (SSSR count). The van der Waals surface area contributed by atoms with Crippen LogP contribution in [0.3, 0.4) is 0 Å². The van der Waals surface area contributed by atoms with Gasteiger partial charge in [-0.3, -0.25) is 9.69 Å². The Morgan fingerprint density at radius 3 is 2.79 bits per heavy atom. The Bertz CT molecular complexity index is 720. The molecule has 2 N–H and O–H groups in total. The summed E-state index contributed by atoms with van der Waals surface area (Å²) in [5.74, 6) is 0.203. The van der Waals surface area contributed by atoms with Gasteiger partial charge in [0.2, 0.25) is 5.91 Å². The summed E-state index contributed by atoms with van der Waals surface area (Å²) in [6.07, 6.45) is 1.81. The summed E-state index contributed by atoms with van der Waals surface area (Å²) in [6, 6.07) is 13.9. The minimum absolute atomic E-state index is 0.179. The molecule has 1 atom stereocenters. The van der Waals surface area contributed by atoms with E-state index in [1.54, 1.807) is 6.07 Å². The fourth-order valence-electron chi connectivity index (χ4n) is 3.10. The zero-order valence-electron chi connectivity index (χ0n) is 13.5. The standard InChI is InChI=1S/C19H21FN2O2/c20-16-6-1-5-15(10-16)13-24-17-7-2-4-14(11-17)12-22-9-3-8-18(22)19(21)23/h1-2,4-7,10-11,18H,3,8-9,12-13H2,(H2,21,23). The van der Waals surface area contributed by atoms with Crippen molar-refractivity contribution in [1.29, 1.82) is 0 Å². The van der Waals surface area contributed by atoms with Gasteiger partial charge < -0.3 is 10.5 Å². The molecule has 1 unspecified atom stereocenters. The predicted molar refractivity (Wildman–Crippen MR) is 89.8 cm³/mol. The Kier molecular flexibility index (Phi) is 5.11. The molecule has 1 aliphatic heterocycles. The fraction of sp³-hybridized carbons (Fsp3) is 0.316. The van der Waals surface area contributed by atoms with E-state index in [4.69, 9.17) is 10.5 Å². The van der Waals surface area contributed by atoms with Gasteiger partial charge in [-0.1, -0.05) is 24.3 Å². The van der Waals surface area contributed by atoms with Crippen molar-refractivity contribution in [1.82, 2.24) is 4.90 Å². The lowest BCUT2D eigenvalue weighted by Crippen LogP contribution is -2.39. The number of nitrogens with zero attached hydrogens (tertiary/aromatic N) is 1. The highest BCUT2D eigenvalue weighted by Gasteiger charge is 2.28. The second kappa shape index (κ2) is 7.45. The van der Waals surface area contributed by atoms with Crippen LogP contribution in [0, 0.1) is 5.82 Å². The van der Waals surface area contributed by atoms with Gasteiger partial charge in [0.15, 0.2) is 0 Å². The molecule has 126 valence electrons. The van der Waals surface area contributed by atoms with Crippen LogP contribution in [-0.4, -0.2) is 23.4 Å². The molecule has 1 aliphatic rings. The number of carbonyl (C=O) groups excluding carboxylic acids is 1. The average Bonchev–Trinajstić information content (AvgIpc) is 3.02. The molecule has 5 heteroatoms. The number of hydrogen-bond donors (Lipinski definition) is 1. The number of halogens is 1. The minimum atomic E-state index is -0.267. The van der Waals surface area contributed by atoms with Crippen LogP contribution in [0.15, 0.2) is 48.5 Å². The highest BCUT2D eigenvalue weighted by Crippen LogP contribution is 2.22. The van der Waals surface area contributed by atoms with E-state index in [-0.39, 0.29) is 17.8 Å². The highest BCUT2D eigenvalue weighted by atomic mass is 19.1. The van der Waals surface area contributed by atoms with Gasteiger partial charge in [0.25, 0.3) is 0 Å². The van der Waals surface area contributed by atoms with Crippen LogP contribution in [0.25, 0.3) is 0 Å². The predicted octanol–water partition coefficient (Wildman–Crippen LogP) is 2.85. The number of likely N-dealkylation sites (tertiary alicyclic amines) is 1. The van der Waals surface area contributed by atoms with Gasteiger partial charge in [-0.05, 0) is 54.8 Å². The summed E-state index contributed by atoms with van der Waals surface area (Å²) in [5.41, 5.74) is 7.32. The van der Waals surface area contributed by atoms with Crippen molar-refractivity contribution in [3.8, 4) is 5.75 Å². The summed E-state index contributed by atoms with van der Waals surface area (Å²) in [6.45, 7) is 1.86. The smallest absolute Gasteiger partial charge is 0.234 e. The Labute approximate surface area is 141 Å². The third-order valence-corrected chi connectivity index (χ3v) is 4.27. The Morgan fingerprint density at radius 2 is 2.00 bits per heavy atom. The second-order valence-electron chi connectivity index (χ2n) is 6.10. The monoisotopic (exact) mass is 328 g/mol. The van der Waals surface area contributed by atoms with Crippen molar-refractivity contribution < 1.29 is 13.9 Å². The zero-order valence-corrected chi connectivity index (χ0v) is 13.5. The van der Waals surface area contributed by atoms with Gasteiger partial charge in [-0.15, -0.1) is 0 Å². The number of rotatable bonds is 6. The molecule has 1 heterocycles. The first-order valence-electron chi connectivity index (χ1n) is 8.11. The molecule has 1 amide bonds. The van der Waals surface area contributed by atoms with E-state index >= 15 is 0 Å². The van der Waals surface area contributed by atoms with Crippen LogP contribution in [0.4, 0.5) is 4.39 Å². The first-order chi connectivity index (χ1) is 11.6. The molecule has 2 aromatic rings. The quantitative estimate of drug-likeness (QED) is 0.887. The number of amides is 1. The van der Waals surface area contributed by atoms with Crippen LogP contribution in [0.5, 0.6) is 5.75 Å². The van der Waals surface area contributed by atoms with Crippen molar-refractivity contribution in [2.45, 2.75) is 32.0 Å². The van der Waals surface area contributed by atoms with Gasteiger partial charge >= 0.3 is 0 Å². The largest absolute Gasteiger partial charge is 0.489 e. The van der Waals surface area contributed by atoms with Crippen LogP contribution >= 0.6 is 0 Å². The van der Waals surface area contributed by atoms with Crippen molar-refractivity contribution in [2.75, 3.05) is 6.54 Å². The number of nitrogens with two attached hydrogens (primary N) is 1. The number of ether oxygens (including phenoxy) is 1. The molecule has 0 bridgehead atoms.